The Morgan fingerprint density at radius 2 is 1.70 bits per heavy atom. The van der Waals surface area contributed by atoms with Gasteiger partial charge < -0.3 is 19.9 Å². The van der Waals surface area contributed by atoms with E-state index in [1.54, 1.807) is 0 Å². The second-order valence-electron chi connectivity index (χ2n) is 7.16. The number of rotatable bonds is 6. The molecule has 2 aliphatic heterocycles. The third-order valence-corrected chi connectivity index (χ3v) is 5.34. The molecule has 3 aliphatic rings. The van der Waals surface area contributed by atoms with Crippen LogP contribution in [0, 0.1) is 11.3 Å². The molecule has 1 aliphatic carbocycles. The Hall–Kier alpha value is -0.160. The SMILES string of the molecule is CNCC1(CN2CCN(CC3CC3)CC2)CCOCC1. The largest absolute Gasteiger partial charge is 0.381 e. The molecule has 3 rings (SSSR count). The Labute approximate surface area is 123 Å². The zero-order chi connectivity index (χ0) is 13.8. The smallest absolute Gasteiger partial charge is 0.0472 e. The molecule has 0 atom stereocenters. The van der Waals surface area contributed by atoms with Crippen LogP contribution >= 0.6 is 0 Å². The molecule has 1 saturated carbocycles. The molecule has 0 amide bonds. The fourth-order valence-electron chi connectivity index (χ4n) is 3.84. The molecule has 0 unspecified atom stereocenters. The lowest BCUT2D eigenvalue weighted by Crippen LogP contribution is -2.53. The second kappa shape index (κ2) is 6.73. The second-order valence-corrected chi connectivity index (χ2v) is 7.16. The number of nitrogens with one attached hydrogen (secondary N) is 1. The van der Waals surface area contributed by atoms with Crippen LogP contribution in [0.15, 0.2) is 0 Å². The first-order chi connectivity index (χ1) is 9.80. The predicted molar refractivity (Wildman–Crippen MR) is 82.0 cm³/mol. The highest BCUT2D eigenvalue weighted by molar-refractivity contribution is 4.89. The molecule has 0 aromatic carbocycles. The summed E-state index contributed by atoms with van der Waals surface area (Å²) >= 11 is 0. The fourth-order valence-corrected chi connectivity index (χ4v) is 3.84. The van der Waals surface area contributed by atoms with Crippen LogP contribution in [0.3, 0.4) is 0 Å². The lowest BCUT2D eigenvalue weighted by Gasteiger charge is -2.43. The van der Waals surface area contributed by atoms with Gasteiger partial charge in [0, 0.05) is 59.0 Å². The molecule has 0 aromatic heterocycles. The van der Waals surface area contributed by atoms with E-state index in [2.05, 4.69) is 22.2 Å². The van der Waals surface area contributed by atoms with Crippen molar-refractivity contribution in [1.82, 2.24) is 15.1 Å². The molecule has 2 saturated heterocycles. The summed E-state index contributed by atoms with van der Waals surface area (Å²) < 4.78 is 5.57. The maximum atomic E-state index is 5.57. The lowest BCUT2D eigenvalue weighted by atomic mass is 9.79. The van der Waals surface area contributed by atoms with E-state index in [1.807, 2.05) is 0 Å². The molecule has 2 heterocycles. The summed E-state index contributed by atoms with van der Waals surface area (Å²) in [4.78, 5) is 5.38. The molecule has 3 fully saturated rings. The Morgan fingerprint density at radius 3 is 2.30 bits per heavy atom. The number of hydrogen-bond donors (Lipinski definition) is 1. The summed E-state index contributed by atoms with van der Waals surface area (Å²) in [6.07, 6.45) is 5.39. The van der Waals surface area contributed by atoms with Gasteiger partial charge in [-0.15, -0.1) is 0 Å². The summed E-state index contributed by atoms with van der Waals surface area (Å²) in [6, 6.07) is 0. The maximum Gasteiger partial charge on any atom is 0.0472 e. The van der Waals surface area contributed by atoms with Gasteiger partial charge in [-0.25, -0.2) is 0 Å². The molecule has 4 nitrogen and oxygen atoms in total. The molecule has 0 bridgehead atoms. The quantitative estimate of drug-likeness (QED) is 0.787. The van der Waals surface area contributed by atoms with E-state index in [-0.39, 0.29) is 0 Å². The normalized spacial score (nSPS) is 28.6. The van der Waals surface area contributed by atoms with Gasteiger partial charge in [-0.3, -0.25) is 0 Å². The molecular weight excluding hydrogens is 250 g/mol. The standard InChI is InChI=1S/C16H31N3O/c1-17-13-16(4-10-20-11-5-16)14-19-8-6-18(7-9-19)12-15-2-3-15/h15,17H,2-14H2,1H3. The molecule has 4 heteroatoms. The van der Waals surface area contributed by atoms with Crippen molar-refractivity contribution in [2.24, 2.45) is 11.3 Å². The zero-order valence-corrected chi connectivity index (χ0v) is 13.1. The van der Waals surface area contributed by atoms with Crippen LogP contribution in [0.2, 0.25) is 0 Å². The zero-order valence-electron chi connectivity index (χ0n) is 13.1. The minimum Gasteiger partial charge on any atom is -0.381 e. The van der Waals surface area contributed by atoms with Crippen molar-refractivity contribution in [3.05, 3.63) is 0 Å². The number of nitrogens with zero attached hydrogens (tertiary/aromatic N) is 2. The van der Waals surface area contributed by atoms with Gasteiger partial charge in [0.15, 0.2) is 0 Å². The minimum atomic E-state index is 0.450. The van der Waals surface area contributed by atoms with E-state index in [1.165, 1.54) is 65.0 Å². The van der Waals surface area contributed by atoms with Gasteiger partial charge in [0.05, 0.1) is 0 Å². The number of ether oxygens (including phenoxy) is 1. The molecule has 1 N–H and O–H groups in total. The van der Waals surface area contributed by atoms with Crippen molar-refractivity contribution >= 4 is 0 Å². The summed E-state index contributed by atoms with van der Waals surface area (Å²) in [5, 5.41) is 3.42. The Balaban J connectivity index is 1.46. The van der Waals surface area contributed by atoms with E-state index in [4.69, 9.17) is 4.74 Å². The fraction of sp³-hybridized carbons (Fsp3) is 1.00. The van der Waals surface area contributed by atoms with Crippen LogP contribution in [0.1, 0.15) is 25.7 Å². The highest BCUT2D eigenvalue weighted by atomic mass is 16.5. The molecule has 116 valence electrons. The van der Waals surface area contributed by atoms with Gasteiger partial charge in [0.25, 0.3) is 0 Å². The predicted octanol–water partition coefficient (Wildman–Crippen LogP) is 1.03. The summed E-state index contributed by atoms with van der Waals surface area (Å²) in [5.41, 5.74) is 0.450. The molecule has 20 heavy (non-hydrogen) atoms. The first-order valence-electron chi connectivity index (χ1n) is 8.47. The van der Waals surface area contributed by atoms with Gasteiger partial charge in [-0.05, 0) is 44.1 Å². The van der Waals surface area contributed by atoms with Crippen LogP contribution < -0.4 is 5.32 Å². The average molecular weight is 281 g/mol. The average Bonchev–Trinajstić information content (AvgIpc) is 3.26. The van der Waals surface area contributed by atoms with Crippen molar-refractivity contribution in [2.45, 2.75) is 25.7 Å². The Morgan fingerprint density at radius 1 is 1.05 bits per heavy atom. The van der Waals surface area contributed by atoms with Crippen LogP contribution in [0.25, 0.3) is 0 Å². The summed E-state index contributed by atoms with van der Waals surface area (Å²) in [7, 11) is 2.09. The highest BCUT2D eigenvalue weighted by Crippen LogP contribution is 2.32. The molecular formula is C16H31N3O. The van der Waals surface area contributed by atoms with Gasteiger partial charge in [-0.1, -0.05) is 0 Å². The van der Waals surface area contributed by atoms with Crippen molar-refractivity contribution < 1.29 is 4.74 Å². The molecule has 0 aromatic rings. The van der Waals surface area contributed by atoms with E-state index in [0.717, 1.165) is 25.7 Å². The highest BCUT2D eigenvalue weighted by Gasteiger charge is 2.35. The van der Waals surface area contributed by atoms with E-state index < -0.39 is 0 Å². The van der Waals surface area contributed by atoms with Crippen molar-refractivity contribution in [1.29, 1.82) is 0 Å². The third-order valence-electron chi connectivity index (χ3n) is 5.34. The summed E-state index contributed by atoms with van der Waals surface area (Å²) in [5.74, 6) is 1.03. The number of piperazine rings is 1. The first kappa shape index (κ1) is 14.8. The van der Waals surface area contributed by atoms with Gasteiger partial charge in [0.1, 0.15) is 0 Å². The van der Waals surface area contributed by atoms with Gasteiger partial charge in [0.2, 0.25) is 0 Å². The topological polar surface area (TPSA) is 27.7 Å². The van der Waals surface area contributed by atoms with Crippen LogP contribution in [0.5, 0.6) is 0 Å². The Kier molecular flexibility index (Phi) is 4.97. The summed E-state index contributed by atoms with van der Waals surface area (Å²) in [6.45, 7) is 10.7. The van der Waals surface area contributed by atoms with Crippen LogP contribution in [0.4, 0.5) is 0 Å². The van der Waals surface area contributed by atoms with E-state index in [9.17, 15) is 0 Å². The maximum absolute atomic E-state index is 5.57. The van der Waals surface area contributed by atoms with Crippen LogP contribution in [-0.2, 0) is 4.74 Å². The van der Waals surface area contributed by atoms with E-state index >= 15 is 0 Å². The van der Waals surface area contributed by atoms with Crippen molar-refractivity contribution in [2.75, 3.05) is 66.1 Å². The van der Waals surface area contributed by atoms with Crippen molar-refractivity contribution in [3.8, 4) is 0 Å². The van der Waals surface area contributed by atoms with Crippen molar-refractivity contribution in [3.63, 3.8) is 0 Å². The monoisotopic (exact) mass is 281 g/mol. The lowest BCUT2D eigenvalue weighted by molar-refractivity contribution is -0.0117. The minimum absolute atomic E-state index is 0.450. The molecule has 0 spiro atoms. The first-order valence-corrected chi connectivity index (χ1v) is 8.47. The van der Waals surface area contributed by atoms with Crippen LogP contribution in [-0.4, -0.2) is 75.9 Å². The van der Waals surface area contributed by atoms with Gasteiger partial charge in [-0.2, -0.15) is 0 Å². The Bertz CT molecular complexity index is 287. The number of hydrogen-bond acceptors (Lipinski definition) is 4. The third kappa shape index (κ3) is 3.94. The van der Waals surface area contributed by atoms with Gasteiger partial charge >= 0.3 is 0 Å². The van der Waals surface area contributed by atoms with E-state index in [0.29, 0.717) is 5.41 Å². The molecule has 0 radical (unpaired) electrons.